The first-order valence-corrected chi connectivity index (χ1v) is 4.01. The Kier molecular flexibility index (Phi) is 2.33. The normalized spacial score (nSPS) is 26.5. The zero-order valence-corrected chi connectivity index (χ0v) is 7.62. The Labute approximate surface area is 85.3 Å². The molecule has 1 aliphatic rings. The van der Waals surface area contributed by atoms with Crippen molar-refractivity contribution in [2.75, 3.05) is 0 Å². The van der Waals surface area contributed by atoms with Gasteiger partial charge in [-0.3, -0.25) is 0 Å². The molecule has 0 N–H and O–H groups in total. The molecule has 0 bridgehead atoms. The lowest BCUT2D eigenvalue weighted by Gasteiger charge is -2.15. The summed E-state index contributed by atoms with van der Waals surface area (Å²) in [4.78, 5) is 0. The fraction of sp³-hybridized carbons (Fsp3) is 0.500. The summed E-state index contributed by atoms with van der Waals surface area (Å²) in [5.74, 6) is 0. The summed E-state index contributed by atoms with van der Waals surface area (Å²) in [6, 6.07) is 6.39. The second-order valence-corrected chi connectivity index (χ2v) is 3.31. The molecule has 0 spiro atoms. The van der Waals surface area contributed by atoms with Gasteiger partial charge in [0.1, 0.15) is 24.3 Å². The molecular weight excluding hydrogens is 204 g/mol. The Morgan fingerprint density at radius 1 is 1.07 bits per heavy atom. The smallest absolute Gasteiger partial charge is 0.260 e. The van der Waals surface area contributed by atoms with Gasteiger partial charge in [0.15, 0.2) is 0 Å². The quantitative estimate of drug-likeness (QED) is 0.539. The van der Waals surface area contributed by atoms with Crippen LogP contribution in [0.5, 0.6) is 0 Å². The highest BCUT2D eigenvalue weighted by Crippen LogP contribution is 2.40. The van der Waals surface area contributed by atoms with Crippen molar-refractivity contribution in [3.63, 3.8) is 0 Å². The lowest BCUT2D eigenvalue weighted by Crippen LogP contribution is -2.34. The van der Waals surface area contributed by atoms with Crippen LogP contribution >= 0.6 is 11.6 Å². The molecule has 1 saturated heterocycles. The SMILES string of the molecule is N#CC1(C#N)C[C@H](Cl)C(C#N)(C#N)O1. The van der Waals surface area contributed by atoms with E-state index in [9.17, 15) is 0 Å². The minimum Gasteiger partial charge on any atom is -0.311 e. The molecule has 0 unspecified atom stereocenters. The van der Waals surface area contributed by atoms with Crippen LogP contribution in [-0.4, -0.2) is 16.6 Å². The Bertz CT molecular complexity index is 391. The maximum Gasteiger partial charge on any atom is 0.260 e. The molecule has 14 heavy (non-hydrogen) atoms. The zero-order valence-electron chi connectivity index (χ0n) is 6.86. The third-order valence-electron chi connectivity index (χ3n) is 1.94. The van der Waals surface area contributed by atoms with Crippen LogP contribution in [0, 0.1) is 45.3 Å². The van der Waals surface area contributed by atoms with Crippen molar-refractivity contribution in [2.45, 2.75) is 23.0 Å². The Hall–Kier alpha value is -1.79. The average molecular weight is 207 g/mol. The molecule has 5 nitrogen and oxygen atoms in total. The van der Waals surface area contributed by atoms with Gasteiger partial charge in [-0.25, -0.2) is 0 Å². The van der Waals surface area contributed by atoms with Gasteiger partial charge >= 0.3 is 0 Å². The van der Waals surface area contributed by atoms with Gasteiger partial charge in [0.05, 0.1) is 5.38 Å². The number of rotatable bonds is 0. The lowest BCUT2D eigenvalue weighted by molar-refractivity contribution is 0.0222. The molecule has 0 radical (unpaired) electrons. The van der Waals surface area contributed by atoms with Crippen molar-refractivity contribution in [3.05, 3.63) is 0 Å². The number of nitrogens with zero attached hydrogens (tertiary/aromatic N) is 4. The molecule has 1 atom stereocenters. The van der Waals surface area contributed by atoms with E-state index in [2.05, 4.69) is 0 Å². The van der Waals surface area contributed by atoms with E-state index < -0.39 is 16.6 Å². The summed E-state index contributed by atoms with van der Waals surface area (Å²) in [6.07, 6.45) is -0.150. The van der Waals surface area contributed by atoms with Crippen LogP contribution in [-0.2, 0) is 4.74 Å². The Morgan fingerprint density at radius 2 is 1.57 bits per heavy atom. The Morgan fingerprint density at radius 3 is 1.79 bits per heavy atom. The maximum atomic E-state index is 8.71. The van der Waals surface area contributed by atoms with Crippen LogP contribution in [0.15, 0.2) is 0 Å². The zero-order chi connectivity index (χ0) is 10.8. The van der Waals surface area contributed by atoms with Crippen LogP contribution in [0.2, 0.25) is 0 Å². The average Bonchev–Trinajstić information content (AvgIpc) is 2.53. The lowest BCUT2D eigenvalue weighted by atomic mass is 9.99. The summed E-state index contributed by atoms with van der Waals surface area (Å²) >= 11 is 5.70. The van der Waals surface area contributed by atoms with E-state index in [0.29, 0.717) is 0 Å². The predicted molar refractivity (Wildman–Crippen MR) is 43.3 cm³/mol. The molecule has 0 aliphatic carbocycles. The molecule has 1 aliphatic heterocycles. The van der Waals surface area contributed by atoms with Gasteiger partial charge in [-0.2, -0.15) is 21.0 Å². The van der Waals surface area contributed by atoms with Crippen LogP contribution in [0.25, 0.3) is 0 Å². The number of hydrogen-bond acceptors (Lipinski definition) is 5. The van der Waals surface area contributed by atoms with Gasteiger partial charge in [-0.1, -0.05) is 0 Å². The molecule has 1 fully saturated rings. The third kappa shape index (κ3) is 1.17. The van der Waals surface area contributed by atoms with Crippen LogP contribution in [0.3, 0.4) is 0 Å². The molecule has 0 aromatic heterocycles. The third-order valence-corrected chi connectivity index (χ3v) is 2.40. The largest absolute Gasteiger partial charge is 0.311 e. The van der Waals surface area contributed by atoms with Gasteiger partial charge in [-0.05, 0) is 0 Å². The fourth-order valence-corrected chi connectivity index (χ4v) is 1.51. The van der Waals surface area contributed by atoms with Gasteiger partial charge in [0.25, 0.3) is 5.60 Å². The highest BCUT2D eigenvalue weighted by atomic mass is 35.5. The van der Waals surface area contributed by atoms with E-state index in [4.69, 9.17) is 37.4 Å². The van der Waals surface area contributed by atoms with E-state index >= 15 is 0 Å². The monoisotopic (exact) mass is 206 g/mol. The minimum absolute atomic E-state index is 0.150. The van der Waals surface area contributed by atoms with Crippen molar-refractivity contribution in [1.29, 1.82) is 21.0 Å². The summed E-state index contributed by atoms with van der Waals surface area (Å²) in [6.45, 7) is 0. The van der Waals surface area contributed by atoms with Gasteiger partial charge in [0.2, 0.25) is 5.60 Å². The van der Waals surface area contributed by atoms with Crippen molar-refractivity contribution in [1.82, 2.24) is 0 Å². The van der Waals surface area contributed by atoms with Crippen LogP contribution in [0.1, 0.15) is 6.42 Å². The topological polar surface area (TPSA) is 104 Å². The van der Waals surface area contributed by atoms with Gasteiger partial charge in [0, 0.05) is 6.42 Å². The standard InChI is InChI=1S/C8H3ClN4O/c9-6-1-7(2-10,3-11)14-8(6,4-12)5-13/h6H,1H2/t6-/m0/s1. The second kappa shape index (κ2) is 3.17. The molecule has 0 saturated carbocycles. The van der Waals surface area contributed by atoms with Crippen LogP contribution < -0.4 is 0 Å². The molecule has 1 heterocycles. The van der Waals surface area contributed by atoms with Crippen molar-refractivity contribution in [3.8, 4) is 24.3 Å². The van der Waals surface area contributed by atoms with E-state index in [1.54, 1.807) is 24.3 Å². The highest BCUT2D eigenvalue weighted by Gasteiger charge is 2.58. The number of nitriles is 4. The molecule has 68 valence electrons. The number of ether oxygens (including phenoxy) is 1. The number of halogens is 1. The van der Waals surface area contributed by atoms with Crippen molar-refractivity contribution in [2.24, 2.45) is 0 Å². The summed E-state index contributed by atoms with van der Waals surface area (Å²) in [5.41, 5.74) is -3.68. The van der Waals surface area contributed by atoms with Gasteiger partial charge < -0.3 is 4.74 Å². The minimum atomic E-state index is -1.90. The van der Waals surface area contributed by atoms with E-state index in [-0.39, 0.29) is 6.42 Å². The fourth-order valence-electron chi connectivity index (χ4n) is 1.15. The first kappa shape index (κ1) is 10.3. The molecule has 0 amide bonds. The van der Waals surface area contributed by atoms with Crippen molar-refractivity contribution >= 4 is 11.6 Å². The first-order chi connectivity index (χ1) is 6.58. The van der Waals surface area contributed by atoms with E-state index in [1.807, 2.05) is 0 Å². The molecule has 6 heteroatoms. The van der Waals surface area contributed by atoms with Crippen LogP contribution in [0.4, 0.5) is 0 Å². The highest BCUT2D eigenvalue weighted by molar-refractivity contribution is 6.22. The van der Waals surface area contributed by atoms with E-state index in [1.165, 1.54) is 0 Å². The summed E-state index contributed by atoms with van der Waals surface area (Å²) < 4.78 is 4.87. The summed E-state index contributed by atoms with van der Waals surface area (Å²) in [5, 5.41) is 33.8. The summed E-state index contributed by atoms with van der Waals surface area (Å²) in [7, 11) is 0. The van der Waals surface area contributed by atoms with Gasteiger partial charge in [-0.15, -0.1) is 11.6 Å². The molecular formula is C8H3ClN4O. The predicted octanol–water partition coefficient (Wildman–Crippen LogP) is 0.586. The number of alkyl halides is 1. The second-order valence-electron chi connectivity index (χ2n) is 2.78. The first-order valence-electron chi connectivity index (χ1n) is 3.57. The van der Waals surface area contributed by atoms with Crippen molar-refractivity contribution < 1.29 is 4.74 Å². The van der Waals surface area contributed by atoms with E-state index in [0.717, 1.165) is 0 Å². The number of hydrogen-bond donors (Lipinski definition) is 0. The molecule has 1 rings (SSSR count). The maximum absolute atomic E-state index is 8.71. The molecule has 0 aromatic rings. The Balaban J connectivity index is 3.16. The molecule has 0 aromatic carbocycles.